The van der Waals surface area contributed by atoms with Crippen LogP contribution in [0.1, 0.15) is 76.3 Å². The molecule has 5 atom stereocenters. The molecule has 2 fully saturated rings. The summed E-state index contributed by atoms with van der Waals surface area (Å²) in [6, 6.07) is 0.525. The Bertz CT molecular complexity index is 1620. The Morgan fingerprint density at radius 3 is 2.04 bits per heavy atom. The number of nitriles is 1. The Morgan fingerprint density at radius 2 is 1.56 bits per heavy atom. The molecule has 2 aliphatic rings. The van der Waals surface area contributed by atoms with E-state index in [4.69, 9.17) is 9.11 Å². The normalized spacial score (nSPS) is 27.2. The Morgan fingerprint density at radius 1 is 1.00 bits per heavy atom. The number of hydrogen-bond acceptors (Lipinski definition) is 12. The molecular formula is C26H41Br2N7O10S3. The Balaban J connectivity index is 1.80. The molecule has 0 radical (unpaired) electrons. The minimum Gasteiger partial charge on any atom is -0.351 e. The number of hydrogen-bond donors (Lipinski definition) is 4. The van der Waals surface area contributed by atoms with Gasteiger partial charge in [0.2, 0.25) is 5.91 Å². The smallest absolute Gasteiger partial charge is 0.267 e. The van der Waals surface area contributed by atoms with Gasteiger partial charge in [0.1, 0.15) is 11.6 Å². The molecule has 3 rings (SSSR count). The molecule has 1 heterocycles. The molecule has 48 heavy (non-hydrogen) atoms. The first-order chi connectivity index (χ1) is 22.3. The van der Waals surface area contributed by atoms with Crippen molar-refractivity contribution in [2.45, 2.75) is 104 Å². The second-order valence-electron chi connectivity index (χ2n) is 12.1. The van der Waals surface area contributed by atoms with Crippen molar-refractivity contribution in [3.63, 3.8) is 0 Å². The van der Waals surface area contributed by atoms with Crippen LogP contribution in [-0.4, -0.2) is 117 Å². The molecule has 5 unspecified atom stereocenters. The lowest BCUT2D eigenvalue weighted by Gasteiger charge is -2.40. The zero-order chi connectivity index (χ0) is 35.9. The Labute approximate surface area is 297 Å². The van der Waals surface area contributed by atoms with E-state index in [9.17, 15) is 39.9 Å². The first-order valence-corrected chi connectivity index (χ1v) is 21.9. The van der Waals surface area contributed by atoms with Crippen molar-refractivity contribution in [2.24, 2.45) is 10.2 Å². The molecule has 22 heteroatoms. The summed E-state index contributed by atoms with van der Waals surface area (Å²) in [7, 11) is -12.5. The minimum atomic E-state index is -4.27. The highest BCUT2D eigenvalue weighted by Crippen LogP contribution is 2.42. The molecule has 1 aromatic rings. The van der Waals surface area contributed by atoms with Gasteiger partial charge in [-0.05, 0) is 70.9 Å². The van der Waals surface area contributed by atoms with Gasteiger partial charge in [-0.1, -0.05) is 31.9 Å². The number of carbonyl (C=O) groups is 1. The van der Waals surface area contributed by atoms with Crippen LogP contribution in [0, 0.1) is 11.3 Å². The summed E-state index contributed by atoms with van der Waals surface area (Å²) in [5, 5.41) is 25.1. The van der Waals surface area contributed by atoms with Crippen molar-refractivity contribution in [2.75, 3.05) is 24.6 Å². The number of nitrogens with zero attached hydrogens (tertiary/aromatic N) is 6. The molecule has 2 aliphatic carbocycles. The van der Waals surface area contributed by atoms with E-state index in [1.807, 2.05) is 0 Å². The first kappa shape index (κ1) is 40.8. The summed E-state index contributed by atoms with van der Waals surface area (Å²) < 4.78 is 97.7. The van der Waals surface area contributed by atoms with Gasteiger partial charge in [-0.3, -0.25) is 18.5 Å². The van der Waals surface area contributed by atoms with E-state index < -0.39 is 63.4 Å². The highest BCUT2D eigenvalue weighted by atomic mass is 79.9. The fourth-order valence-corrected chi connectivity index (χ4v) is 11.3. The lowest BCUT2D eigenvalue weighted by molar-refractivity contribution is -0.120. The lowest BCUT2D eigenvalue weighted by Crippen LogP contribution is -2.51. The Hall–Kier alpha value is -1.58. The van der Waals surface area contributed by atoms with Gasteiger partial charge in [-0.2, -0.15) is 40.7 Å². The van der Waals surface area contributed by atoms with Crippen LogP contribution in [0.3, 0.4) is 0 Å². The number of halogens is 2. The topological polar surface area (TPSA) is 262 Å². The molecule has 1 aromatic heterocycles. The fourth-order valence-electron chi connectivity index (χ4n) is 6.23. The van der Waals surface area contributed by atoms with Crippen LogP contribution < -0.4 is 5.32 Å². The first-order valence-electron chi connectivity index (χ1n) is 15.3. The molecule has 17 nitrogen and oxygen atoms in total. The molecule has 2 saturated carbocycles. The summed E-state index contributed by atoms with van der Waals surface area (Å²) in [6.45, 7) is 2.28. The Kier molecular flexibility index (Phi) is 15.0. The molecule has 4 N–H and O–H groups in total. The van der Waals surface area contributed by atoms with Crippen molar-refractivity contribution in [3.8, 4) is 6.07 Å². The van der Waals surface area contributed by atoms with Crippen LogP contribution in [0.5, 0.6) is 0 Å². The van der Waals surface area contributed by atoms with Gasteiger partial charge in [0.25, 0.3) is 30.4 Å². The van der Waals surface area contributed by atoms with E-state index >= 15 is 0 Å². The summed E-state index contributed by atoms with van der Waals surface area (Å²) in [4.78, 5) is 13.4. The highest BCUT2D eigenvalue weighted by molar-refractivity contribution is 9.10. The number of rotatable bonds is 16. The minimum absolute atomic E-state index is 0.0914. The SMILES string of the molecule is CC(=O)NC1CC(N(CCCCS(=O)(=O)O)CCCCS(=O)(=O)O)CCC1N=Nc1c(C#N)cnn1C1C(Br)CC(S(=O)(=O)O)CC1Br. The highest BCUT2D eigenvalue weighted by Gasteiger charge is 2.43. The summed E-state index contributed by atoms with van der Waals surface area (Å²) in [5.41, 5.74) is 0.140. The van der Waals surface area contributed by atoms with E-state index in [1.165, 1.54) is 17.8 Å². The van der Waals surface area contributed by atoms with Crippen molar-refractivity contribution in [3.05, 3.63) is 11.8 Å². The van der Waals surface area contributed by atoms with E-state index in [0.717, 1.165) is 0 Å². The standard InChI is InChI=1S/C26H41Br2N7O10S3/c1-17(36)31-24-12-19(34(8-2-4-10-46(37,38)39)9-3-5-11-47(40,41)42)6-7-23(24)32-33-26-18(15-29)16-30-35(26)25-21(27)13-20(14-22(25)28)48(43,44)45/h16,19-25H,2-14H2,1H3,(H,31,36)(H,37,38,39)(H,40,41,42)(H,43,44,45). The van der Waals surface area contributed by atoms with Crippen LogP contribution in [0.2, 0.25) is 0 Å². The van der Waals surface area contributed by atoms with Crippen LogP contribution >= 0.6 is 31.9 Å². The van der Waals surface area contributed by atoms with Gasteiger partial charge in [0.05, 0.1) is 41.1 Å². The maximum absolute atomic E-state index is 12.2. The van der Waals surface area contributed by atoms with Crippen LogP contribution in [0.4, 0.5) is 5.82 Å². The third-order valence-corrected chi connectivity index (χ3v) is 13.2. The van der Waals surface area contributed by atoms with Gasteiger partial charge in [-0.15, -0.1) is 5.11 Å². The summed E-state index contributed by atoms with van der Waals surface area (Å²) >= 11 is 7.04. The summed E-state index contributed by atoms with van der Waals surface area (Å²) in [6.07, 6.45) is 4.38. The number of nitrogens with one attached hydrogen (secondary N) is 1. The molecule has 272 valence electrons. The number of aromatic nitrogens is 2. The summed E-state index contributed by atoms with van der Waals surface area (Å²) in [5.74, 6) is -0.915. The average Bonchev–Trinajstić information content (AvgIpc) is 3.35. The predicted octanol–water partition coefficient (Wildman–Crippen LogP) is 3.02. The number of carbonyl (C=O) groups excluding carboxylic acids is 1. The van der Waals surface area contributed by atoms with Crippen molar-refractivity contribution in [1.29, 1.82) is 5.26 Å². The van der Waals surface area contributed by atoms with Crippen molar-refractivity contribution in [1.82, 2.24) is 20.0 Å². The molecule has 0 aromatic carbocycles. The fraction of sp³-hybridized carbons (Fsp3) is 0.808. The van der Waals surface area contributed by atoms with Crippen LogP contribution in [0.15, 0.2) is 16.4 Å². The molecule has 0 aliphatic heterocycles. The third-order valence-electron chi connectivity index (χ3n) is 8.50. The van der Waals surface area contributed by atoms with Gasteiger partial charge in [-0.25, -0.2) is 4.68 Å². The molecule has 0 bridgehead atoms. The van der Waals surface area contributed by atoms with Crippen molar-refractivity contribution < 1.29 is 43.7 Å². The zero-order valence-electron chi connectivity index (χ0n) is 26.2. The zero-order valence-corrected chi connectivity index (χ0v) is 31.8. The molecule has 1 amide bonds. The quantitative estimate of drug-likeness (QED) is 0.0807. The number of unbranched alkanes of at least 4 members (excludes halogenated alkanes) is 2. The second kappa shape index (κ2) is 17.6. The van der Waals surface area contributed by atoms with Gasteiger partial charge in [0, 0.05) is 22.6 Å². The third kappa shape index (κ3) is 12.6. The molecular weight excluding hydrogens is 826 g/mol. The largest absolute Gasteiger partial charge is 0.351 e. The number of amides is 1. The van der Waals surface area contributed by atoms with E-state index in [-0.39, 0.29) is 60.5 Å². The lowest BCUT2D eigenvalue weighted by atomic mass is 9.86. The van der Waals surface area contributed by atoms with E-state index in [0.29, 0.717) is 45.2 Å². The van der Waals surface area contributed by atoms with Gasteiger partial charge >= 0.3 is 0 Å². The van der Waals surface area contributed by atoms with Crippen LogP contribution in [-0.2, 0) is 35.1 Å². The maximum Gasteiger partial charge on any atom is 0.267 e. The molecule has 0 saturated heterocycles. The van der Waals surface area contributed by atoms with Crippen molar-refractivity contribution >= 4 is 73.9 Å². The van der Waals surface area contributed by atoms with E-state index in [2.05, 4.69) is 63.5 Å². The van der Waals surface area contributed by atoms with Gasteiger partial charge in [0.15, 0.2) is 5.82 Å². The van der Waals surface area contributed by atoms with Gasteiger partial charge < -0.3 is 10.2 Å². The van der Waals surface area contributed by atoms with Crippen LogP contribution in [0.25, 0.3) is 0 Å². The maximum atomic E-state index is 12.2. The number of alkyl halides is 2. The average molecular weight is 868 g/mol. The predicted molar refractivity (Wildman–Crippen MR) is 182 cm³/mol. The second-order valence-corrected chi connectivity index (χ2v) is 19.3. The van der Waals surface area contributed by atoms with E-state index in [1.54, 1.807) is 0 Å². The number of azo groups is 1. The monoisotopic (exact) mass is 865 g/mol. The molecule has 0 spiro atoms.